The van der Waals surface area contributed by atoms with Crippen LogP contribution in [-0.4, -0.2) is 54.5 Å². The average Bonchev–Trinajstić information content (AvgIpc) is 3.50. The number of nitrogens with zero attached hydrogens (tertiary/aromatic N) is 2. The zero-order chi connectivity index (χ0) is 34.7. The van der Waals surface area contributed by atoms with Crippen molar-refractivity contribution in [3.63, 3.8) is 0 Å². The van der Waals surface area contributed by atoms with E-state index in [0.29, 0.717) is 17.3 Å². The Hall–Kier alpha value is -5.53. The summed E-state index contributed by atoms with van der Waals surface area (Å²) < 4.78 is 20.3. The number of carbonyl (C=O) groups is 1. The van der Waals surface area contributed by atoms with Crippen LogP contribution in [0.5, 0.6) is 11.5 Å². The van der Waals surface area contributed by atoms with Crippen molar-refractivity contribution in [2.45, 2.75) is 40.4 Å². The maximum atomic E-state index is 13.2. The van der Waals surface area contributed by atoms with E-state index >= 15 is 0 Å². The second-order valence-corrected chi connectivity index (χ2v) is 14.3. The summed E-state index contributed by atoms with van der Waals surface area (Å²) in [5.41, 5.74) is 1.56. The highest BCUT2D eigenvalue weighted by molar-refractivity contribution is 6.95. The van der Waals surface area contributed by atoms with Gasteiger partial charge in [-0.1, -0.05) is 50.1 Å². The van der Waals surface area contributed by atoms with Crippen molar-refractivity contribution in [2.75, 3.05) is 11.9 Å². The number of hydrogen-bond acceptors (Lipinski definition) is 8. The van der Waals surface area contributed by atoms with E-state index in [1.165, 1.54) is 20.8 Å². The molecule has 0 aliphatic rings. The lowest BCUT2D eigenvalue weighted by Gasteiger charge is -2.37. The minimum absolute atomic E-state index is 0.113. The van der Waals surface area contributed by atoms with Gasteiger partial charge in [0.05, 0.1) is 6.61 Å². The van der Waals surface area contributed by atoms with Gasteiger partial charge in [-0.2, -0.15) is 5.10 Å². The molecule has 0 aliphatic carbocycles. The van der Waals surface area contributed by atoms with Gasteiger partial charge in [-0.15, -0.1) is 0 Å². The van der Waals surface area contributed by atoms with Crippen molar-refractivity contribution < 1.29 is 33.1 Å². The second-order valence-electron chi connectivity index (χ2n) is 10.8. The number of benzene rings is 2. The molecule has 2 aromatic carbocycles. The fourth-order valence-electron chi connectivity index (χ4n) is 4.56. The highest BCUT2D eigenvalue weighted by Gasteiger charge is 2.47. The van der Waals surface area contributed by atoms with Gasteiger partial charge in [0, 0.05) is 47.7 Å². The molecule has 11 heteroatoms. The van der Waals surface area contributed by atoms with E-state index in [1.54, 1.807) is 49.1 Å². The van der Waals surface area contributed by atoms with Crippen LogP contribution in [0.1, 0.15) is 43.6 Å². The molecule has 0 bridgehead atoms. The van der Waals surface area contributed by atoms with Gasteiger partial charge < -0.3 is 19.2 Å². The number of allylic oxidation sites excluding steroid dienone is 6. The van der Waals surface area contributed by atoms with E-state index in [9.17, 15) is 19.2 Å². The summed E-state index contributed by atoms with van der Waals surface area (Å²) >= 11 is 0. The fraction of sp³-hybridized carbons (Fsp3) is 0.222. The first-order valence-corrected chi connectivity index (χ1v) is 16.4. The maximum Gasteiger partial charge on any atom is 0.289 e. The van der Waals surface area contributed by atoms with Crippen LogP contribution in [0, 0.1) is 0 Å². The van der Waals surface area contributed by atoms with Crippen molar-refractivity contribution in [1.82, 2.24) is 9.78 Å². The maximum absolute atomic E-state index is 13.2. The van der Waals surface area contributed by atoms with Crippen LogP contribution in [0.25, 0.3) is 0 Å². The fourth-order valence-corrected chi connectivity index (χ4v) is 8.40. The molecule has 242 valence electrons. The van der Waals surface area contributed by atoms with Crippen molar-refractivity contribution in [3.05, 3.63) is 124 Å². The Labute approximate surface area is 275 Å². The molecule has 0 saturated carbocycles. The highest BCUT2D eigenvalue weighted by atomic mass is 28.4. The van der Waals surface area contributed by atoms with Crippen LogP contribution in [0.3, 0.4) is 0 Å². The van der Waals surface area contributed by atoms with Gasteiger partial charge in [0.2, 0.25) is 0 Å². The minimum atomic E-state index is -3.83. The molecule has 0 radical (unpaired) electrons. The molecular weight excluding hydrogens is 614 g/mol. The molecule has 1 N–H and O–H groups in total. The Balaban J connectivity index is 1.97. The summed E-state index contributed by atoms with van der Waals surface area (Å²) in [5.74, 6) is 6.10. The number of anilines is 1. The Kier molecular flexibility index (Phi) is 12.4. The lowest BCUT2D eigenvalue weighted by atomic mass is 10.1. The van der Waals surface area contributed by atoms with Gasteiger partial charge in [-0.3, -0.25) is 9.48 Å². The Morgan fingerprint density at radius 3 is 1.96 bits per heavy atom. The number of aryl methyl sites for hydroxylation is 1. The van der Waals surface area contributed by atoms with E-state index < -0.39 is 20.3 Å². The van der Waals surface area contributed by atoms with Crippen LogP contribution in [0.2, 0.25) is 0 Å². The normalized spacial score (nSPS) is 12.2. The Morgan fingerprint density at radius 2 is 1.45 bits per heavy atom. The number of hydrogen-bond donors (Lipinski definition) is 1. The molecular formula is C36H37N3O7Si. The molecule has 0 fully saturated rings. The number of carbonyl (C=O) groups excluding carboxylic acids is 4. The molecule has 0 aliphatic heterocycles. The Bertz CT molecular complexity index is 1750. The van der Waals surface area contributed by atoms with Crippen molar-refractivity contribution in [3.8, 4) is 11.5 Å². The first kappa shape index (κ1) is 35.9. The summed E-state index contributed by atoms with van der Waals surface area (Å²) in [5, 5.41) is 7.60. The molecule has 0 unspecified atom stereocenters. The predicted octanol–water partition coefficient (Wildman–Crippen LogP) is 5.60. The van der Waals surface area contributed by atoms with E-state index in [4.69, 9.17) is 13.9 Å². The topological polar surface area (TPSA) is 126 Å². The summed E-state index contributed by atoms with van der Waals surface area (Å²) in [6, 6.07) is 16.0. The summed E-state index contributed by atoms with van der Waals surface area (Å²) in [7, 11) is -2.09. The van der Waals surface area contributed by atoms with Gasteiger partial charge in [-0.05, 0) is 61.0 Å². The number of amides is 1. The molecule has 1 amide bonds. The summed E-state index contributed by atoms with van der Waals surface area (Å²) in [6.07, 6.45) is 1.03. The van der Waals surface area contributed by atoms with Crippen molar-refractivity contribution in [1.29, 1.82) is 0 Å². The molecule has 0 saturated heterocycles. The van der Waals surface area contributed by atoms with E-state index in [2.05, 4.69) is 30.2 Å². The molecule has 10 nitrogen and oxygen atoms in total. The number of ether oxygens (including phenoxy) is 2. The first-order valence-electron chi connectivity index (χ1n) is 14.5. The van der Waals surface area contributed by atoms with Crippen LogP contribution in [-0.2, 0) is 32.5 Å². The number of rotatable bonds is 16. The Morgan fingerprint density at radius 1 is 0.894 bits per heavy atom. The number of aromatic nitrogens is 2. The van der Waals surface area contributed by atoms with Crippen LogP contribution in [0.15, 0.2) is 113 Å². The summed E-state index contributed by atoms with van der Waals surface area (Å²) in [6.45, 7) is 18.6. The molecule has 1 heterocycles. The SMILES string of the molecule is C=C(C(C)=C=O)[Si](OC[C@H](C)Oc1cc(OCc2ccccc2)cc(C(=O)Nc2ccn(C)n2)c1)(C(=C)C(C)=C=O)C(=C)C(C)=C=O. The van der Waals surface area contributed by atoms with Crippen molar-refractivity contribution in [2.24, 2.45) is 7.05 Å². The average molecular weight is 652 g/mol. The van der Waals surface area contributed by atoms with Gasteiger partial charge in [-0.25, -0.2) is 14.4 Å². The summed E-state index contributed by atoms with van der Waals surface area (Å²) in [4.78, 5) is 48.4. The zero-order valence-electron chi connectivity index (χ0n) is 27.1. The van der Waals surface area contributed by atoms with Crippen molar-refractivity contribution >= 4 is 37.9 Å². The van der Waals surface area contributed by atoms with E-state index in [-0.39, 0.29) is 51.1 Å². The van der Waals surface area contributed by atoms with E-state index in [1.807, 2.05) is 48.2 Å². The third-order valence-corrected chi connectivity index (χ3v) is 11.6. The minimum Gasteiger partial charge on any atom is -0.489 e. The third kappa shape index (κ3) is 8.80. The van der Waals surface area contributed by atoms with Crippen LogP contribution in [0.4, 0.5) is 5.82 Å². The molecule has 3 aromatic rings. The largest absolute Gasteiger partial charge is 0.489 e. The molecule has 3 rings (SSSR count). The predicted molar refractivity (Wildman–Crippen MR) is 182 cm³/mol. The first-order chi connectivity index (χ1) is 22.4. The molecule has 1 aromatic heterocycles. The van der Waals surface area contributed by atoms with Crippen LogP contribution < -0.4 is 14.8 Å². The third-order valence-electron chi connectivity index (χ3n) is 7.31. The molecule has 1 atom stereocenters. The smallest absolute Gasteiger partial charge is 0.289 e. The monoisotopic (exact) mass is 651 g/mol. The van der Waals surface area contributed by atoms with Gasteiger partial charge in [0.1, 0.15) is 42.0 Å². The molecule has 0 spiro atoms. The zero-order valence-corrected chi connectivity index (χ0v) is 28.1. The standard InChI is InChI=1S/C36H37N3O7Si/c1-24(19-40)28(5)47(29(6)25(2)20-41,30(7)26(3)21-42)45-22-27(4)46-34-17-32(36(43)37-35-14-15-39(8)38-35)16-33(18-34)44-23-31-12-10-9-11-13-31/h9-18,27H,5-7,22-23H2,1-4,8H3,(H,37,38,43)/t27-/m0/s1. The number of nitrogens with one attached hydrogen (secondary N) is 1. The second kappa shape index (κ2) is 16.2. The van der Waals surface area contributed by atoms with Gasteiger partial charge >= 0.3 is 0 Å². The quantitative estimate of drug-likeness (QED) is 0.121. The van der Waals surface area contributed by atoms with E-state index in [0.717, 1.165) is 5.56 Å². The van der Waals surface area contributed by atoms with Crippen LogP contribution >= 0.6 is 0 Å². The van der Waals surface area contributed by atoms with Gasteiger partial charge in [0.25, 0.3) is 14.2 Å². The highest BCUT2D eigenvalue weighted by Crippen LogP contribution is 2.38. The lowest BCUT2D eigenvalue weighted by molar-refractivity contribution is 0.102. The lowest BCUT2D eigenvalue weighted by Crippen LogP contribution is -2.48. The van der Waals surface area contributed by atoms with Gasteiger partial charge in [0.15, 0.2) is 5.82 Å². The molecule has 47 heavy (non-hydrogen) atoms.